The first kappa shape index (κ1) is 12.8. The van der Waals surface area contributed by atoms with Gasteiger partial charge in [-0.1, -0.05) is 11.6 Å². The van der Waals surface area contributed by atoms with Crippen LogP contribution in [0.2, 0.25) is 0 Å². The fraction of sp³-hybridized carbons (Fsp3) is 0.538. The Labute approximate surface area is 108 Å². The van der Waals surface area contributed by atoms with Crippen LogP contribution in [-0.2, 0) is 0 Å². The van der Waals surface area contributed by atoms with E-state index in [-0.39, 0.29) is 0 Å². The maximum Gasteiger partial charge on any atom is 0.221 e. The third kappa shape index (κ3) is 3.20. The zero-order chi connectivity index (χ0) is 12.8. The molecule has 0 unspecified atom stereocenters. The molecule has 2 rings (SSSR count). The summed E-state index contributed by atoms with van der Waals surface area (Å²) in [6.07, 6.45) is 6.01. The number of nitrogens with zero attached hydrogens (tertiary/aromatic N) is 2. The third-order valence-corrected chi connectivity index (χ3v) is 3.13. The molecule has 0 amide bonds. The van der Waals surface area contributed by atoms with Gasteiger partial charge in [-0.15, -0.1) is 0 Å². The van der Waals surface area contributed by atoms with Crippen molar-refractivity contribution in [2.24, 2.45) is 0 Å². The van der Waals surface area contributed by atoms with Crippen molar-refractivity contribution in [2.45, 2.75) is 19.8 Å². The molecular formula is C13H20N4O. The first-order valence-electron chi connectivity index (χ1n) is 6.29. The normalized spacial score (nSPS) is 15.1. The van der Waals surface area contributed by atoms with Gasteiger partial charge in [0.2, 0.25) is 5.88 Å². The molecule has 1 aliphatic heterocycles. The SMILES string of the molecule is COc1ncnc(NCCC2=CCNCC2)c1C. The van der Waals surface area contributed by atoms with Crippen molar-refractivity contribution in [3.8, 4) is 5.88 Å². The Bertz CT molecular complexity index is 431. The van der Waals surface area contributed by atoms with Crippen molar-refractivity contribution in [3.05, 3.63) is 23.5 Å². The molecule has 98 valence electrons. The zero-order valence-corrected chi connectivity index (χ0v) is 11.0. The number of aromatic nitrogens is 2. The maximum absolute atomic E-state index is 5.17. The summed E-state index contributed by atoms with van der Waals surface area (Å²) in [6.45, 7) is 4.94. The second-order valence-electron chi connectivity index (χ2n) is 4.35. The van der Waals surface area contributed by atoms with Crippen molar-refractivity contribution in [1.82, 2.24) is 15.3 Å². The summed E-state index contributed by atoms with van der Waals surface area (Å²) in [5.74, 6) is 1.49. The average Bonchev–Trinajstić information content (AvgIpc) is 2.42. The van der Waals surface area contributed by atoms with E-state index in [4.69, 9.17) is 4.74 Å². The zero-order valence-electron chi connectivity index (χ0n) is 11.0. The summed E-state index contributed by atoms with van der Waals surface area (Å²) < 4.78 is 5.17. The lowest BCUT2D eigenvalue weighted by Crippen LogP contribution is -2.21. The molecule has 2 heterocycles. The Morgan fingerprint density at radius 2 is 2.33 bits per heavy atom. The van der Waals surface area contributed by atoms with E-state index in [0.29, 0.717) is 5.88 Å². The Balaban J connectivity index is 1.88. The molecule has 0 fully saturated rings. The van der Waals surface area contributed by atoms with Crippen LogP contribution in [0.4, 0.5) is 5.82 Å². The highest BCUT2D eigenvalue weighted by molar-refractivity contribution is 5.47. The molecule has 0 spiro atoms. The summed E-state index contributed by atoms with van der Waals surface area (Å²) in [6, 6.07) is 0. The Kier molecular flexibility index (Phi) is 4.52. The van der Waals surface area contributed by atoms with Crippen LogP contribution in [0.3, 0.4) is 0 Å². The highest BCUT2D eigenvalue weighted by Crippen LogP contribution is 2.20. The molecule has 18 heavy (non-hydrogen) atoms. The number of hydrogen-bond donors (Lipinski definition) is 2. The standard InChI is InChI=1S/C13H20N4O/c1-10-12(16-9-17-13(10)18-2)15-8-5-11-3-6-14-7-4-11/h3,9,14H,4-8H2,1-2H3,(H,15,16,17). The summed E-state index contributed by atoms with van der Waals surface area (Å²) in [7, 11) is 1.62. The number of hydrogen-bond acceptors (Lipinski definition) is 5. The smallest absolute Gasteiger partial charge is 0.221 e. The molecular weight excluding hydrogens is 228 g/mol. The molecule has 0 atom stereocenters. The maximum atomic E-state index is 5.17. The quantitative estimate of drug-likeness (QED) is 0.774. The van der Waals surface area contributed by atoms with Crippen LogP contribution in [-0.4, -0.2) is 36.7 Å². The lowest BCUT2D eigenvalue weighted by molar-refractivity contribution is 0.393. The molecule has 2 N–H and O–H groups in total. The monoisotopic (exact) mass is 248 g/mol. The number of ether oxygens (including phenoxy) is 1. The van der Waals surface area contributed by atoms with Crippen molar-refractivity contribution >= 4 is 5.82 Å². The van der Waals surface area contributed by atoms with Gasteiger partial charge in [0.1, 0.15) is 12.1 Å². The lowest BCUT2D eigenvalue weighted by atomic mass is 10.1. The molecule has 0 aliphatic carbocycles. The van der Waals surface area contributed by atoms with Gasteiger partial charge < -0.3 is 15.4 Å². The van der Waals surface area contributed by atoms with Gasteiger partial charge in [0.25, 0.3) is 0 Å². The Morgan fingerprint density at radius 1 is 1.44 bits per heavy atom. The fourth-order valence-corrected chi connectivity index (χ4v) is 2.06. The minimum Gasteiger partial charge on any atom is -0.481 e. The number of anilines is 1. The van der Waals surface area contributed by atoms with Gasteiger partial charge in [0.05, 0.1) is 12.7 Å². The molecule has 0 radical (unpaired) electrons. The van der Waals surface area contributed by atoms with Crippen molar-refractivity contribution in [2.75, 3.05) is 32.1 Å². The van der Waals surface area contributed by atoms with Gasteiger partial charge >= 0.3 is 0 Å². The Hall–Kier alpha value is -1.62. The van der Waals surface area contributed by atoms with Gasteiger partial charge in [-0.2, -0.15) is 0 Å². The van der Waals surface area contributed by atoms with E-state index in [1.807, 2.05) is 6.92 Å². The topological polar surface area (TPSA) is 59.1 Å². The number of methoxy groups -OCH3 is 1. The second kappa shape index (κ2) is 6.35. The van der Waals surface area contributed by atoms with Crippen LogP contribution in [0.25, 0.3) is 0 Å². The minimum atomic E-state index is 0.633. The summed E-state index contributed by atoms with van der Waals surface area (Å²) in [4.78, 5) is 8.30. The van der Waals surface area contributed by atoms with E-state index >= 15 is 0 Å². The summed E-state index contributed by atoms with van der Waals surface area (Å²) in [5, 5.41) is 6.66. The van der Waals surface area contributed by atoms with Crippen LogP contribution < -0.4 is 15.4 Å². The molecule has 1 aromatic rings. The molecule has 0 aromatic carbocycles. The largest absolute Gasteiger partial charge is 0.481 e. The van der Waals surface area contributed by atoms with Gasteiger partial charge in [-0.25, -0.2) is 9.97 Å². The first-order valence-corrected chi connectivity index (χ1v) is 6.29. The first-order chi connectivity index (χ1) is 8.81. The molecule has 0 saturated heterocycles. The van der Waals surface area contributed by atoms with E-state index in [0.717, 1.165) is 43.9 Å². The van der Waals surface area contributed by atoms with Crippen LogP contribution in [0, 0.1) is 6.92 Å². The fourth-order valence-electron chi connectivity index (χ4n) is 2.06. The lowest BCUT2D eigenvalue weighted by Gasteiger charge is -2.15. The van der Waals surface area contributed by atoms with Crippen LogP contribution in [0.5, 0.6) is 5.88 Å². The molecule has 5 heteroatoms. The summed E-state index contributed by atoms with van der Waals surface area (Å²) in [5.41, 5.74) is 2.47. The number of rotatable bonds is 5. The molecule has 0 bridgehead atoms. The minimum absolute atomic E-state index is 0.633. The van der Waals surface area contributed by atoms with Crippen molar-refractivity contribution in [3.63, 3.8) is 0 Å². The van der Waals surface area contributed by atoms with Gasteiger partial charge in [0.15, 0.2) is 0 Å². The number of nitrogens with one attached hydrogen (secondary N) is 2. The van der Waals surface area contributed by atoms with Crippen molar-refractivity contribution < 1.29 is 4.74 Å². The predicted octanol–water partition coefficient (Wildman–Crippen LogP) is 1.52. The second-order valence-corrected chi connectivity index (χ2v) is 4.35. The van der Waals surface area contributed by atoms with Crippen molar-refractivity contribution in [1.29, 1.82) is 0 Å². The van der Waals surface area contributed by atoms with E-state index in [1.165, 1.54) is 11.9 Å². The molecule has 5 nitrogen and oxygen atoms in total. The molecule has 0 saturated carbocycles. The Morgan fingerprint density at radius 3 is 3.06 bits per heavy atom. The highest BCUT2D eigenvalue weighted by atomic mass is 16.5. The van der Waals surface area contributed by atoms with E-state index < -0.39 is 0 Å². The summed E-state index contributed by atoms with van der Waals surface area (Å²) >= 11 is 0. The van der Waals surface area contributed by atoms with E-state index in [2.05, 4.69) is 26.7 Å². The van der Waals surface area contributed by atoms with Crippen LogP contribution >= 0.6 is 0 Å². The van der Waals surface area contributed by atoms with Gasteiger partial charge in [-0.05, 0) is 26.3 Å². The van der Waals surface area contributed by atoms with E-state index in [1.54, 1.807) is 7.11 Å². The third-order valence-electron chi connectivity index (χ3n) is 3.13. The predicted molar refractivity (Wildman–Crippen MR) is 72.0 cm³/mol. The van der Waals surface area contributed by atoms with Gasteiger partial charge in [0, 0.05) is 13.1 Å². The van der Waals surface area contributed by atoms with Crippen LogP contribution in [0.1, 0.15) is 18.4 Å². The highest BCUT2D eigenvalue weighted by Gasteiger charge is 2.07. The van der Waals surface area contributed by atoms with Crippen LogP contribution in [0.15, 0.2) is 18.0 Å². The molecule has 1 aromatic heterocycles. The van der Waals surface area contributed by atoms with Gasteiger partial charge in [-0.3, -0.25) is 0 Å². The van der Waals surface area contributed by atoms with E-state index in [9.17, 15) is 0 Å². The molecule has 1 aliphatic rings. The average molecular weight is 248 g/mol.